The van der Waals surface area contributed by atoms with Gasteiger partial charge in [0.25, 0.3) is 0 Å². The number of rotatable bonds is 4. The third-order valence-corrected chi connectivity index (χ3v) is 6.08. The van der Waals surface area contributed by atoms with E-state index in [0.717, 1.165) is 12.8 Å². The minimum atomic E-state index is 0. The molecule has 0 bridgehead atoms. The molecule has 180 valence electrons. The fourth-order valence-electron chi connectivity index (χ4n) is 4.42. The molecule has 0 aromatic heterocycles. The molecule has 0 amide bonds. The van der Waals surface area contributed by atoms with Crippen LogP contribution in [0.2, 0.25) is 0 Å². The van der Waals surface area contributed by atoms with Crippen LogP contribution >= 0.6 is 0 Å². The quantitative estimate of drug-likeness (QED) is 0.318. The van der Waals surface area contributed by atoms with Crippen LogP contribution in [0.15, 0.2) is 133 Å². The summed E-state index contributed by atoms with van der Waals surface area (Å²) in [6.07, 6.45) is 12.9. The molecule has 0 unspecified atom stereocenters. The number of benzene rings is 4. The third kappa shape index (κ3) is 7.65. The van der Waals surface area contributed by atoms with Gasteiger partial charge in [-0.25, -0.2) is 0 Å². The van der Waals surface area contributed by atoms with E-state index in [1.54, 1.807) is 0 Å². The van der Waals surface area contributed by atoms with Crippen molar-refractivity contribution in [3.05, 3.63) is 168 Å². The normalized spacial score (nSPS) is 13.2. The molecule has 0 nitrogen and oxygen atoms in total. The molecule has 0 saturated carbocycles. The Morgan fingerprint density at radius 2 is 0.649 bits per heavy atom. The summed E-state index contributed by atoms with van der Waals surface area (Å²) in [6, 6.07) is 42.1. The van der Waals surface area contributed by atoms with Gasteiger partial charge >= 0.3 is 26.2 Å². The molecule has 2 aliphatic rings. The largest absolute Gasteiger partial charge is 4.00 e. The van der Waals surface area contributed by atoms with E-state index in [4.69, 9.17) is 0 Å². The Balaban J connectivity index is 0.000000241. The van der Waals surface area contributed by atoms with Crippen molar-refractivity contribution in [2.45, 2.75) is 12.8 Å². The van der Waals surface area contributed by atoms with Crippen LogP contribution in [0.4, 0.5) is 0 Å². The molecule has 6 rings (SSSR count). The summed E-state index contributed by atoms with van der Waals surface area (Å²) in [4.78, 5) is 0. The molecular formula is C34H26Cl2Zr. The fraction of sp³-hybridized carbons (Fsp3) is 0.0588. The second-order valence-electron chi connectivity index (χ2n) is 8.28. The zero-order valence-electron chi connectivity index (χ0n) is 20.4. The molecule has 0 radical (unpaired) electrons. The van der Waals surface area contributed by atoms with Gasteiger partial charge in [0, 0.05) is 0 Å². The van der Waals surface area contributed by atoms with Crippen LogP contribution < -0.4 is 24.8 Å². The van der Waals surface area contributed by atoms with Crippen LogP contribution in [-0.4, -0.2) is 0 Å². The predicted octanol–water partition coefficient (Wildman–Crippen LogP) is 2.73. The van der Waals surface area contributed by atoms with Gasteiger partial charge in [0.15, 0.2) is 0 Å². The van der Waals surface area contributed by atoms with Crippen molar-refractivity contribution in [3.8, 4) is 0 Å². The van der Waals surface area contributed by atoms with Gasteiger partial charge in [-0.05, 0) is 0 Å². The summed E-state index contributed by atoms with van der Waals surface area (Å²) in [6.45, 7) is 0. The smallest absolute Gasteiger partial charge is 1.00 e. The summed E-state index contributed by atoms with van der Waals surface area (Å²) >= 11 is 0. The Morgan fingerprint density at radius 3 is 0.946 bits per heavy atom. The second-order valence-corrected chi connectivity index (χ2v) is 8.28. The number of halogens is 2. The van der Waals surface area contributed by atoms with Gasteiger partial charge in [-0.3, -0.25) is 0 Å². The molecule has 0 fully saturated rings. The molecule has 0 heterocycles. The molecule has 0 aliphatic heterocycles. The van der Waals surface area contributed by atoms with Crippen molar-refractivity contribution < 1.29 is 51.0 Å². The van der Waals surface area contributed by atoms with E-state index in [1.807, 2.05) is 12.1 Å². The van der Waals surface area contributed by atoms with Crippen LogP contribution in [0.25, 0.3) is 22.3 Å². The maximum absolute atomic E-state index is 3.38. The van der Waals surface area contributed by atoms with Gasteiger partial charge in [0.1, 0.15) is 0 Å². The summed E-state index contributed by atoms with van der Waals surface area (Å²) in [5.41, 5.74) is 10.3. The van der Waals surface area contributed by atoms with Crippen LogP contribution in [0.3, 0.4) is 0 Å². The molecule has 4 aromatic rings. The van der Waals surface area contributed by atoms with Crippen molar-refractivity contribution in [1.29, 1.82) is 0 Å². The molecule has 3 heteroatoms. The van der Waals surface area contributed by atoms with E-state index >= 15 is 0 Å². The number of allylic oxidation sites excluding steroid dienone is 8. The minimum Gasteiger partial charge on any atom is -1.00 e. The molecule has 2 aliphatic carbocycles. The molecule has 0 spiro atoms. The molecule has 37 heavy (non-hydrogen) atoms. The molecular weight excluding hydrogens is 571 g/mol. The van der Waals surface area contributed by atoms with E-state index in [-0.39, 0.29) is 51.0 Å². The summed E-state index contributed by atoms with van der Waals surface area (Å²) in [7, 11) is 0. The Labute approximate surface area is 252 Å². The van der Waals surface area contributed by atoms with Gasteiger partial charge in [-0.1, -0.05) is 121 Å². The Bertz CT molecular complexity index is 1250. The Hall–Kier alpha value is -2.70. The molecule has 0 N–H and O–H groups in total. The average Bonchev–Trinajstić information content (AvgIpc) is 3.62. The molecule has 0 atom stereocenters. The zero-order valence-corrected chi connectivity index (χ0v) is 24.3. The fourth-order valence-corrected chi connectivity index (χ4v) is 4.42. The zero-order chi connectivity index (χ0) is 23.0. The first-order valence-corrected chi connectivity index (χ1v) is 11.7. The van der Waals surface area contributed by atoms with E-state index in [0.29, 0.717) is 0 Å². The monoisotopic (exact) mass is 594 g/mol. The summed E-state index contributed by atoms with van der Waals surface area (Å²) in [5, 5.41) is 0. The van der Waals surface area contributed by atoms with E-state index in [9.17, 15) is 0 Å². The first-order valence-electron chi connectivity index (χ1n) is 11.7. The SMILES string of the molecule is [C-]1=CCC(c2ccccc2)=C1c1ccccc1.[C-]1=CCC(c2ccccc2)=C1c1ccccc1.[Cl-].[Cl-].[Zr+4]. The molecule has 0 saturated heterocycles. The van der Waals surface area contributed by atoms with Crippen LogP contribution in [0.5, 0.6) is 0 Å². The number of hydrogen-bond donors (Lipinski definition) is 0. The van der Waals surface area contributed by atoms with Crippen LogP contribution in [0, 0.1) is 12.2 Å². The van der Waals surface area contributed by atoms with Crippen molar-refractivity contribution >= 4 is 22.3 Å². The maximum atomic E-state index is 3.38. The minimum absolute atomic E-state index is 0. The summed E-state index contributed by atoms with van der Waals surface area (Å²) in [5.74, 6) is 0. The van der Waals surface area contributed by atoms with Crippen molar-refractivity contribution in [1.82, 2.24) is 0 Å². The van der Waals surface area contributed by atoms with Crippen molar-refractivity contribution in [2.75, 3.05) is 0 Å². The van der Waals surface area contributed by atoms with Gasteiger partial charge in [0.05, 0.1) is 0 Å². The third-order valence-electron chi connectivity index (χ3n) is 6.08. The summed E-state index contributed by atoms with van der Waals surface area (Å²) < 4.78 is 0. The number of hydrogen-bond acceptors (Lipinski definition) is 0. The Morgan fingerprint density at radius 1 is 0.378 bits per heavy atom. The van der Waals surface area contributed by atoms with E-state index < -0.39 is 0 Å². The first kappa shape index (κ1) is 30.5. The first-order chi connectivity index (χ1) is 16.9. The molecule has 4 aromatic carbocycles. The topological polar surface area (TPSA) is 0 Å². The Kier molecular flexibility index (Phi) is 12.8. The standard InChI is InChI=1S/2C17H13.2ClH.Zr/c2*1-3-8-14(9-4-1)16-12-7-13-17(16)15-10-5-2-6-11-15;;;/h2*1-11H,12H2;2*1H;/q2*-1;;;+4/p-2. The second kappa shape index (κ2) is 15.5. The van der Waals surface area contributed by atoms with E-state index in [2.05, 4.69) is 133 Å². The van der Waals surface area contributed by atoms with Crippen molar-refractivity contribution in [3.63, 3.8) is 0 Å². The van der Waals surface area contributed by atoms with Crippen LogP contribution in [0.1, 0.15) is 35.1 Å². The van der Waals surface area contributed by atoms with Crippen molar-refractivity contribution in [2.24, 2.45) is 0 Å². The average molecular weight is 597 g/mol. The van der Waals surface area contributed by atoms with Gasteiger partial charge in [-0.15, -0.1) is 46.5 Å². The van der Waals surface area contributed by atoms with Crippen LogP contribution in [-0.2, 0) is 26.2 Å². The van der Waals surface area contributed by atoms with Gasteiger partial charge < -0.3 is 24.8 Å². The van der Waals surface area contributed by atoms with E-state index in [1.165, 1.54) is 44.5 Å². The van der Waals surface area contributed by atoms with Gasteiger partial charge in [-0.2, -0.15) is 35.5 Å². The predicted molar refractivity (Wildman–Crippen MR) is 144 cm³/mol. The maximum Gasteiger partial charge on any atom is 4.00 e. The van der Waals surface area contributed by atoms with Gasteiger partial charge in [0.2, 0.25) is 0 Å².